The van der Waals surface area contributed by atoms with Crippen LogP contribution in [0.5, 0.6) is 0 Å². The second-order valence-corrected chi connectivity index (χ2v) is 8.98. The molecule has 1 saturated heterocycles. The lowest BCUT2D eigenvalue weighted by atomic mass is 9.85. The highest BCUT2D eigenvalue weighted by Gasteiger charge is 2.58. The van der Waals surface area contributed by atoms with Gasteiger partial charge in [0.05, 0.1) is 29.8 Å². The molecule has 1 saturated carbocycles. The monoisotopic (exact) mass is 446 g/mol. The van der Waals surface area contributed by atoms with E-state index < -0.39 is 0 Å². The highest BCUT2D eigenvalue weighted by atomic mass is 16.2. The zero-order valence-corrected chi connectivity index (χ0v) is 19.1. The van der Waals surface area contributed by atoms with Gasteiger partial charge in [-0.05, 0) is 49.8 Å². The lowest BCUT2D eigenvalue weighted by Crippen LogP contribution is -2.43. The SMILES string of the molecule is CCNC(=NCc1ccccc1-n1ccc(C)n1)NCCN1C(=O)C2C3C=CC(C3)C2C1=O. The molecule has 3 aliphatic rings. The Morgan fingerprint density at radius 1 is 1.09 bits per heavy atom. The summed E-state index contributed by atoms with van der Waals surface area (Å²) >= 11 is 0. The number of rotatable bonds is 7. The van der Waals surface area contributed by atoms with Gasteiger partial charge in [0.15, 0.2) is 5.96 Å². The molecule has 1 aliphatic heterocycles. The van der Waals surface area contributed by atoms with Crippen molar-refractivity contribution in [2.24, 2.45) is 28.7 Å². The smallest absolute Gasteiger partial charge is 0.233 e. The van der Waals surface area contributed by atoms with Crippen LogP contribution in [0.1, 0.15) is 24.6 Å². The minimum Gasteiger partial charge on any atom is -0.357 e. The molecular formula is C25H30N6O2. The maximum absolute atomic E-state index is 12.9. The van der Waals surface area contributed by atoms with Crippen LogP contribution in [0.4, 0.5) is 0 Å². The Morgan fingerprint density at radius 2 is 1.82 bits per heavy atom. The molecule has 2 aromatic rings. The van der Waals surface area contributed by atoms with Gasteiger partial charge >= 0.3 is 0 Å². The number of fused-ring (bicyclic) bond motifs is 5. The fourth-order valence-electron chi connectivity index (χ4n) is 5.39. The number of imide groups is 1. The average Bonchev–Trinajstić information content (AvgIpc) is 3.59. The summed E-state index contributed by atoms with van der Waals surface area (Å²) in [7, 11) is 0. The van der Waals surface area contributed by atoms with Crippen molar-refractivity contribution in [2.45, 2.75) is 26.8 Å². The van der Waals surface area contributed by atoms with Crippen LogP contribution >= 0.6 is 0 Å². The Kier molecular flexibility index (Phi) is 5.74. The fourth-order valence-corrected chi connectivity index (χ4v) is 5.39. The van der Waals surface area contributed by atoms with E-state index in [2.05, 4.69) is 27.9 Å². The predicted octanol–water partition coefficient (Wildman–Crippen LogP) is 2.04. The summed E-state index contributed by atoms with van der Waals surface area (Å²) in [5, 5.41) is 11.0. The number of likely N-dealkylation sites (tertiary alicyclic amines) is 1. The molecule has 2 N–H and O–H groups in total. The van der Waals surface area contributed by atoms with Crippen molar-refractivity contribution in [3.05, 3.63) is 59.9 Å². The van der Waals surface area contributed by atoms with E-state index >= 15 is 0 Å². The molecular weight excluding hydrogens is 416 g/mol. The van der Waals surface area contributed by atoms with Gasteiger partial charge < -0.3 is 10.6 Å². The number of para-hydroxylation sites is 1. The molecule has 1 aromatic heterocycles. The summed E-state index contributed by atoms with van der Waals surface area (Å²) in [4.78, 5) is 31.9. The molecule has 4 unspecified atom stereocenters. The minimum absolute atomic E-state index is 0.00553. The van der Waals surface area contributed by atoms with E-state index in [1.165, 1.54) is 4.90 Å². The highest BCUT2D eigenvalue weighted by Crippen LogP contribution is 2.52. The number of guanidine groups is 1. The number of nitrogens with one attached hydrogen (secondary N) is 2. The van der Waals surface area contributed by atoms with Gasteiger partial charge in [0.1, 0.15) is 0 Å². The van der Waals surface area contributed by atoms with Gasteiger partial charge in [0.25, 0.3) is 0 Å². The van der Waals surface area contributed by atoms with Gasteiger partial charge in [0.2, 0.25) is 11.8 Å². The van der Waals surface area contributed by atoms with Crippen LogP contribution in [0.3, 0.4) is 0 Å². The second-order valence-electron chi connectivity index (χ2n) is 8.98. The van der Waals surface area contributed by atoms with Crippen molar-refractivity contribution in [3.63, 3.8) is 0 Å². The number of benzene rings is 1. The van der Waals surface area contributed by atoms with Crippen LogP contribution in [0.15, 0.2) is 53.7 Å². The van der Waals surface area contributed by atoms with Crippen molar-refractivity contribution in [2.75, 3.05) is 19.6 Å². The zero-order chi connectivity index (χ0) is 22.9. The third kappa shape index (κ3) is 3.94. The first-order valence-corrected chi connectivity index (χ1v) is 11.7. The van der Waals surface area contributed by atoms with Crippen molar-refractivity contribution in [1.29, 1.82) is 0 Å². The number of carbonyl (C=O) groups is 2. The van der Waals surface area contributed by atoms with E-state index in [1.54, 1.807) is 0 Å². The number of aryl methyl sites for hydroxylation is 1. The maximum Gasteiger partial charge on any atom is 0.233 e. The van der Waals surface area contributed by atoms with E-state index in [9.17, 15) is 9.59 Å². The molecule has 1 aromatic carbocycles. The first-order valence-electron chi connectivity index (χ1n) is 11.7. The molecule has 5 rings (SSSR count). The summed E-state index contributed by atoms with van der Waals surface area (Å²) in [5.41, 5.74) is 3.01. The molecule has 8 heteroatoms. The number of aliphatic imine (C=N–C) groups is 1. The number of nitrogens with zero attached hydrogens (tertiary/aromatic N) is 4. The van der Waals surface area contributed by atoms with Crippen LogP contribution in [0.2, 0.25) is 0 Å². The van der Waals surface area contributed by atoms with E-state index in [-0.39, 0.29) is 35.5 Å². The third-order valence-electron chi connectivity index (χ3n) is 6.90. The van der Waals surface area contributed by atoms with E-state index in [4.69, 9.17) is 4.99 Å². The fraction of sp³-hybridized carbons (Fsp3) is 0.440. The Bertz CT molecular complexity index is 1090. The largest absolute Gasteiger partial charge is 0.357 e. The topological polar surface area (TPSA) is 91.6 Å². The van der Waals surface area contributed by atoms with E-state index in [0.717, 1.165) is 23.4 Å². The molecule has 8 nitrogen and oxygen atoms in total. The lowest BCUT2D eigenvalue weighted by Gasteiger charge is -2.18. The maximum atomic E-state index is 12.9. The molecule has 2 amide bonds. The molecule has 2 heterocycles. The minimum atomic E-state index is -0.142. The lowest BCUT2D eigenvalue weighted by molar-refractivity contribution is -0.140. The molecule has 2 aliphatic carbocycles. The van der Waals surface area contributed by atoms with Crippen LogP contribution in [-0.2, 0) is 16.1 Å². The van der Waals surface area contributed by atoms with Crippen molar-refractivity contribution >= 4 is 17.8 Å². The number of allylic oxidation sites excluding steroid dienone is 2. The Hall–Kier alpha value is -3.42. The molecule has 2 fully saturated rings. The number of carbonyl (C=O) groups excluding carboxylic acids is 2. The Labute approximate surface area is 193 Å². The van der Waals surface area contributed by atoms with Gasteiger partial charge in [-0.3, -0.25) is 14.5 Å². The number of hydrogen-bond acceptors (Lipinski definition) is 4. The summed E-state index contributed by atoms with van der Waals surface area (Å²) in [6, 6.07) is 10.0. The van der Waals surface area contributed by atoms with Gasteiger partial charge in [-0.25, -0.2) is 9.67 Å². The molecule has 0 radical (unpaired) electrons. The van der Waals surface area contributed by atoms with Crippen molar-refractivity contribution in [3.8, 4) is 5.69 Å². The van der Waals surface area contributed by atoms with E-state index in [0.29, 0.717) is 32.1 Å². The summed E-state index contributed by atoms with van der Waals surface area (Å²) in [5.74, 6) is 0.848. The Morgan fingerprint density at radius 3 is 2.48 bits per heavy atom. The summed E-state index contributed by atoms with van der Waals surface area (Å²) < 4.78 is 1.87. The molecule has 2 bridgehead atoms. The van der Waals surface area contributed by atoms with Crippen LogP contribution in [-0.4, -0.2) is 52.1 Å². The second kappa shape index (κ2) is 8.84. The zero-order valence-electron chi connectivity index (χ0n) is 19.1. The number of aromatic nitrogens is 2. The van der Waals surface area contributed by atoms with Crippen LogP contribution in [0.25, 0.3) is 5.69 Å². The molecule has 33 heavy (non-hydrogen) atoms. The number of amides is 2. The highest BCUT2D eigenvalue weighted by molar-refractivity contribution is 6.06. The molecule has 0 spiro atoms. The Balaban J connectivity index is 1.22. The van der Waals surface area contributed by atoms with Crippen molar-refractivity contribution < 1.29 is 9.59 Å². The summed E-state index contributed by atoms with van der Waals surface area (Å²) in [6.45, 7) is 5.99. The standard InChI is InChI=1S/C25H30N6O2/c1-3-26-25(28-15-19-6-4-5-7-20(19)31-12-10-16(2)29-31)27-11-13-30-23(32)21-17-8-9-18(14-17)22(21)24(30)33/h4-10,12,17-18,21-22H,3,11,13-15H2,1-2H3,(H2,26,27,28). The summed E-state index contributed by atoms with van der Waals surface area (Å²) in [6.07, 6.45) is 7.15. The van der Waals surface area contributed by atoms with Gasteiger partial charge in [-0.1, -0.05) is 30.4 Å². The first-order chi connectivity index (χ1) is 16.1. The van der Waals surface area contributed by atoms with Crippen molar-refractivity contribution in [1.82, 2.24) is 25.3 Å². The van der Waals surface area contributed by atoms with E-state index in [1.807, 2.05) is 55.1 Å². The quantitative estimate of drug-likeness (QED) is 0.294. The predicted molar refractivity (Wildman–Crippen MR) is 126 cm³/mol. The van der Waals surface area contributed by atoms with Gasteiger partial charge in [-0.15, -0.1) is 0 Å². The van der Waals surface area contributed by atoms with Crippen LogP contribution < -0.4 is 10.6 Å². The first kappa shape index (κ1) is 21.4. The van der Waals surface area contributed by atoms with Crippen LogP contribution in [0, 0.1) is 30.6 Å². The molecule has 172 valence electrons. The normalized spacial score (nSPS) is 25.8. The average molecular weight is 447 g/mol. The van der Waals surface area contributed by atoms with Gasteiger partial charge in [0, 0.05) is 25.8 Å². The third-order valence-corrected chi connectivity index (χ3v) is 6.90. The number of hydrogen-bond donors (Lipinski definition) is 2. The van der Waals surface area contributed by atoms with Gasteiger partial charge in [-0.2, -0.15) is 5.10 Å². The molecule has 4 atom stereocenters.